The van der Waals surface area contributed by atoms with Crippen molar-refractivity contribution in [2.75, 3.05) is 25.0 Å². The Labute approximate surface area is 198 Å². The van der Waals surface area contributed by atoms with Gasteiger partial charge in [-0.3, -0.25) is 4.79 Å². The van der Waals surface area contributed by atoms with E-state index in [9.17, 15) is 13.2 Å². The highest BCUT2D eigenvalue weighted by Gasteiger charge is 2.30. The molecule has 0 radical (unpaired) electrons. The number of sulfonamides is 1. The molecule has 7 nitrogen and oxygen atoms in total. The van der Waals surface area contributed by atoms with Crippen LogP contribution in [0.4, 0.5) is 5.69 Å². The molecular weight excluding hydrogens is 452 g/mol. The molecule has 8 heteroatoms. The summed E-state index contributed by atoms with van der Waals surface area (Å²) in [6, 6.07) is 16.6. The Morgan fingerprint density at radius 2 is 1.88 bits per heavy atom. The molecule has 1 N–H and O–H groups in total. The van der Waals surface area contributed by atoms with E-state index >= 15 is 0 Å². The van der Waals surface area contributed by atoms with Crippen molar-refractivity contribution in [1.29, 1.82) is 0 Å². The highest BCUT2D eigenvalue weighted by Crippen LogP contribution is 2.33. The molecule has 1 amide bonds. The molecule has 1 saturated heterocycles. The Kier molecular flexibility index (Phi) is 6.02. The number of carbonyl (C=O) groups is 1. The molecule has 4 aromatic rings. The molecule has 176 valence electrons. The van der Waals surface area contributed by atoms with Crippen LogP contribution in [-0.2, 0) is 21.2 Å². The van der Waals surface area contributed by atoms with E-state index in [1.165, 1.54) is 10.4 Å². The number of benzene rings is 3. The van der Waals surface area contributed by atoms with E-state index in [4.69, 9.17) is 9.15 Å². The third kappa shape index (κ3) is 4.15. The first-order valence-corrected chi connectivity index (χ1v) is 12.9. The van der Waals surface area contributed by atoms with Crippen molar-refractivity contribution in [3.05, 3.63) is 66.4 Å². The predicted octanol–water partition coefficient (Wildman–Crippen LogP) is 4.95. The van der Waals surface area contributed by atoms with Crippen LogP contribution in [0.1, 0.15) is 25.3 Å². The molecule has 5 rings (SSSR count). The quantitative estimate of drug-likeness (QED) is 0.406. The van der Waals surface area contributed by atoms with Gasteiger partial charge in [-0.15, -0.1) is 0 Å². The van der Waals surface area contributed by atoms with Crippen LogP contribution < -0.4 is 10.1 Å². The Balaban J connectivity index is 1.43. The van der Waals surface area contributed by atoms with Crippen LogP contribution in [0.5, 0.6) is 5.75 Å². The van der Waals surface area contributed by atoms with E-state index in [1.54, 1.807) is 25.3 Å². The lowest BCUT2D eigenvalue weighted by atomic mass is 10.0. The lowest BCUT2D eigenvalue weighted by molar-refractivity contribution is -0.115. The summed E-state index contributed by atoms with van der Waals surface area (Å²) >= 11 is 0. The lowest BCUT2D eigenvalue weighted by Gasteiger charge is -2.19. The van der Waals surface area contributed by atoms with Crippen LogP contribution in [0.2, 0.25) is 0 Å². The third-order valence-corrected chi connectivity index (χ3v) is 8.02. The zero-order valence-corrected chi connectivity index (χ0v) is 19.7. The average Bonchev–Trinajstić information content (AvgIpc) is 3.51. The molecule has 1 fully saturated rings. The Bertz CT molecular complexity index is 1470. The summed E-state index contributed by atoms with van der Waals surface area (Å²) in [5.74, 6) is 0.0315. The fraction of sp³-hybridized carbons (Fsp3) is 0.269. The van der Waals surface area contributed by atoms with E-state index in [-0.39, 0.29) is 17.2 Å². The van der Waals surface area contributed by atoms with Crippen molar-refractivity contribution in [3.8, 4) is 5.75 Å². The first kappa shape index (κ1) is 22.4. The maximum atomic E-state index is 13.2. The zero-order chi connectivity index (χ0) is 23.7. The van der Waals surface area contributed by atoms with E-state index in [0.717, 1.165) is 40.1 Å². The van der Waals surface area contributed by atoms with Crippen LogP contribution in [0.25, 0.3) is 21.7 Å². The van der Waals surface area contributed by atoms with Gasteiger partial charge >= 0.3 is 0 Å². The van der Waals surface area contributed by atoms with E-state index in [2.05, 4.69) is 5.32 Å². The summed E-state index contributed by atoms with van der Waals surface area (Å²) in [7, 11) is -3.71. The van der Waals surface area contributed by atoms with Crippen molar-refractivity contribution < 1.29 is 22.4 Å². The van der Waals surface area contributed by atoms with Crippen molar-refractivity contribution in [3.63, 3.8) is 0 Å². The molecular formula is C26H26N2O5S. The predicted molar refractivity (Wildman–Crippen MR) is 132 cm³/mol. The van der Waals surface area contributed by atoms with Crippen molar-refractivity contribution in [1.82, 2.24) is 4.31 Å². The van der Waals surface area contributed by atoms with Gasteiger partial charge < -0.3 is 14.5 Å². The number of hydrogen-bond acceptors (Lipinski definition) is 5. The minimum absolute atomic E-state index is 0.0776. The van der Waals surface area contributed by atoms with Crippen molar-refractivity contribution >= 4 is 43.4 Å². The Morgan fingerprint density at radius 3 is 2.68 bits per heavy atom. The highest BCUT2D eigenvalue weighted by atomic mass is 32.2. The van der Waals surface area contributed by atoms with Crippen molar-refractivity contribution in [2.45, 2.75) is 31.1 Å². The van der Waals surface area contributed by atoms with Crippen LogP contribution in [-0.4, -0.2) is 38.3 Å². The van der Waals surface area contributed by atoms with Crippen LogP contribution in [0.3, 0.4) is 0 Å². The molecule has 0 aliphatic carbocycles. The maximum absolute atomic E-state index is 13.2. The molecule has 3 aromatic carbocycles. The number of rotatable bonds is 7. The maximum Gasteiger partial charge on any atom is 0.246 e. The van der Waals surface area contributed by atoms with Gasteiger partial charge in [0.2, 0.25) is 15.9 Å². The Morgan fingerprint density at radius 1 is 1.09 bits per heavy atom. The molecule has 2 heterocycles. The van der Waals surface area contributed by atoms with Gasteiger partial charge in [-0.25, -0.2) is 8.42 Å². The van der Waals surface area contributed by atoms with Gasteiger partial charge in [0.05, 0.1) is 19.3 Å². The van der Waals surface area contributed by atoms with Crippen molar-refractivity contribution in [2.24, 2.45) is 0 Å². The number of carbonyl (C=O) groups excluding carboxylic acids is 1. The third-order valence-electron chi connectivity index (χ3n) is 6.10. The number of nitrogens with zero attached hydrogens (tertiary/aromatic N) is 1. The lowest BCUT2D eigenvalue weighted by Crippen LogP contribution is -2.28. The number of hydrogen-bond donors (Lipinski definition) is 1. The van der Waals surface area contributed by atoms with Gasteiger partial charge in [-0.05, 0) is 54.8 Å². The monoisotopic (exact) mass is 478 g/mol. The number of ether oxygens (including phenoxy) is 1. The largest absolute Gasteiger partial charge is 0.492 e. The molecule has 34 heavy (non-hydrogen) atoms. The van der Waals surface area contributed by atoms with Crippen LogP contribution in [0, 0.1) is 0 Å². The van der Waals surface area contributed by atoms with Gasteiger partial charge in [0.25, 0.3) is 0 Å². The standard InChI is InChI=1S/C26H26N2O5S/c1-2-32-22-12-10-20(16-24(22)34(30,31)28-13-5-6-14-28)27-25(29)15-19-17-33-23-11-9-18-7-3-4-8-21(18)26(19)23/h3-4,7-12,16-17H,2,5-6,13-15H2,1H3,(H,27,29). The molecule has 0 unspecified atom stereocenters. The molecule has 1 aliphatic heterocycles. The van der Waals surface area contributed by atoms with Gasteiger partial charge in [-0.2, -0.15) is 4.31 Å². The van der Waals surface area contributed by atoms with Gasteiger partial charge in [0, 0.05) is 29.7 Å². The van der Waals surface area contributed by atoms with Crippen LogP contribution >= 0.6 is 0 Å². The number of nitrogens with one attached hydrogen (secondary N) is 1. The molecule has 0 spiro atoms. The fourth-order valence-electron chi connectivity index (χ4n) is 4.51. The summed E-state index contributed by atoms with van der Waals surface area (Å²) in [4.78, 5) is 13.0. The smallest absolute Gasteiger partial charge is 0.246 e. The number of amides is 1. The molecule has 0 bridgehead atoms. The first-order valence-electron chi connectivity index (χ1n) is 11.4. The number of furan rings is 1. The molecule has 1 aliphatic rings. The number of anilines is 1. The first-order chi connectivity index (χ1) is 16.5. The SMILES string of the molecule is CCOc1ccc(NC(=O)Cc2coc3ccc4ccccc4c23)cc1S(=O)(=O)N1CCCC1. The van der Waals surface area contributed by atoms with Crippen LogP contribution in [0.15, 0.2) is 70.2 Å². The van der Waals surface area contributed by atoms with Gasteiger partial charge in [-0.1, -0.05) is 30.3 Å². The minimum atomic E-state index is -3.71. The Hall–Kier alpha value is -3.36. The zero-order valence-electron chi connectivity index (χ0n) is 18.9. The summed E-state index contributed by atoms with van der Waals surface area (Å²) in [5.41, 5.74) is 1.91. The second kappa shape index (κ2) is 9.12. The van der Waals surface area contributed by atoms with E-state index in [1.807, 2.05) is 36.4 Å². The van der Waals surface area contributed by atoms with E-state index < -0.39 is 10.0 Å². The van der Waals surface area contributed by atoms with Gasteiger partial charge in [0.1, 0.15) is 16.2 Å². The summed E-state index contributed by atoms with van der Waals surface area (Å²) in [6.45, 7) is 3.13. The molecule has 1 aromatic heterocycles. The second-order valence-corrected chi connectivity index (χ2v) is 10.3. The van der Waals surface area contributed by atoms with Gasteiger partial charge in [0.15, 0.2) is 0 Å². The summed E-state index contributed by atoms with van der Waals surface area (Å²) in [6.07, 6.45) is 3.39. The summed E-state index contributed by atoms with van der Waals surface area (Å²) < 4.78 is 39.2. The fourth-order valence-corrected chi connectivity index (χ4v) is 6.19. The topological polar surface area (TPSA) is 88.8 Å². The molecule has 0 saturated carbocycles. The normalized spacial score (nSPS) is 14.6. The number of fused-ring (bicyclic) bond motifs is 3. The second-order valence-electron chi connectivity index (χ2n) is 8.35. The van der Waals surface area contributed by atoms with E-state index in [0.29, 0.717) is 31.1 Å². The molecule has 0 atom stereocenters. The average molecular weight is 479 g/mol. The minimum Gasteiger partial charge on any atom is -0.492 e. The summed E-state index contributed by atoms with van der Waals surface area (Å²) in [5, 5.41) is 5.86. The highest BCUT2D eigenvalue weighted by molar-refractivity contribution is 7.89.